The van der Waals surface area contributed by atoms with Crippen LogP contribution in [-0.4, -0.2) is 6.71 Å². The fourth-order valence-corrected chi connectivity index (χ4v) is 9.22. The highest BCUT2D eigenvalue weighted by Gasteiger charge is 2.41. The molecule has 0 N–H and O–H groups in total. The second kappa shape index (κ2) is 10.7. The Bertz CT molecular complexity index is 2330. The summed E-state index contributed by atoms with van der Waals surface area (Å²) in [5, 5.41) is 8.30. The molecule has 7 aromatic carbocycles. The molecule has 1 aliphatic rings. The van der Waals surface area contributed by atoms with Crippen LogP contribution in [0.25, 0.3) is 32.3 Å². The first kappa shape index (κ1) is 29.8. The van der Waals surface area contributed by atoms with Gasteiger partial charge in [0, 0.05) is 16.8 Å². The number of rotatable bonds is 4. The summed E-state index contributed by atoms with van der Waals surface area (Å²) >= 11 is 0. The molecule has 0 aliphatic carbocycles. The molecule has 1 aliphatic heterocycles. The Kier molecular flexibility index (Phi) is 6.82. The molecule has 0 saturated carbocycles. The molecule has 0 aromatic heterocycles. The SMILES string of the molecule is Cc1cc(C)c(B2c3ccccc3N(c3c(C)cccc3C)c3c2c(C(C)C)c2ccc4ccc(C(C)C)c5ccc3c2c45)c(C)c1. The number of anilines is 3. The van der Waals surface area contributed by atoms with E-state index in [0.717, 1.165) is 0 Å². The maximum Gasteiger partial charge on any atom is 0.247 e. The quantitative estimate of drug-likeness (QED) is 0.142. The van der Waals surface area contributed by atoms with Crippen LogP contribution in [0.15, 0.2) is 91.0 Å². The number of aryl methyl sites for hydroxylation is 5. The minimum atomic E-state index is 0.118. The molecule has 7 aromatic rings. The normalized spacial score (nSPS) is 13.1. The van der Waals surface area contributed by atoms with E-state index in [1.807, 2.05) is 0 Å². The van der Waals surface area contributed by atoms with Gasteiger partial charge in [0.1, 0.15) is 0 Å². The van der Waals surface area contributed by atoms with Crippen molar-refractivity contribution in [1.82, 2.24) is 0 Å². The molecule has 232 valence electrons. The molecule has 0 saturated heterocycles. The average molecular weight is 610 g/mol. The minimum absolute atomic E-state index is 0.118. The lowest BCUT2D eigenvalue weighted by Gasteiger charge is -2.42. The maximum absolute atomic E-state index is 2.64. The van der Waals surface area contributed by atoms with E-state index in [2.05, 4.69) is 158 Å². The molecule has 0 bridgehead atoms. The molecular formula is C45H44BN. The van der Waals surface area contributed by atoms with Gasteiger partial charge in [-0.2, -0.15) is 0 Å². The van der Waals surface area contributed by atoms with E-state index in [0.29, 0.717) is 11.8 Å². The van der Waals surface area contributed by atoms with Gasteiger partial charge in [-0.1, -0.05) is 135 Å². The van der Waals surface area contributed by atoms with E-state index < -0.39 is 0 Å². The molecule has 0 amide bonds. The number of benzene rings is 7. The van der Waals surface area contributed by atoms with Crippen molar-refractivity contribution in [2.24, 2.45) is 0 Å². The smallest absolute Gasteiger partial charge is 0.247 e. The number of para-hydroxylation sites is 2. The summed E-state index contributed by atoms with van der Waals surface area (Å²) < 4.78 is 0. The molecule has 8 rings (SSSR count). The number of nitrogens with zero attached hydrogens (tertiary/aromatic N) is 1. The molecule has 0 atom stereocenters. The standard InChI is InChI=1S/C45H44BN/c1-25(2)33-19-17-32-18-20-35-39(26(3)4)43-45(36-22-21-34(33)40(32)41(35)36)47(44-28(6)13-12-14-29(44)7)38-16-11-10-15-37(38)46(43)42-30(8)23-27(5)24-31(42)9/h10-26H,1-9H3. The van der Waals surface area contributed by atoms with Crippen LogP contribution in [0.4, 0.5) is 17.1 Å². The molecule has 0 fully saturated rings. The van der Waals surface area contributed by atoms with Crippen molar-refractivity contribution >= 4 is 72.5 Å². The molecule has 0 unspecified atom stereocenters. The largest absolute Gasteiger partial charge is 0.310 e. The number of hydrogen-bond acceptors (Lipinski definition) is 1. The van der Waals surface area contributed by atoms with E-state index in [-0.39, 0.29) is 6.71 Å². The third kappa shape index (κ3) is 4.23. The van der Waals surface area contributed by atoms with Gasteiger partial charge in [-0.3, -0.25) is 0 Å². The highest BCUT2D eigenvalue weighted by atomic mass is 15.2. The van der Waals surface area contributed by atoms with Gasteiger partial charge in [-0.15, -0.1) is 0 Å². The van der Waals surface area contributed by atoms with Crippen molar-refractivity contribution in [3.05, 3.63) is 130 Å². The van der Waals surface area contributed by atoms with Crippen molar-refractivity contribution in [2.75, 3.05) is 4.90 Å². The predicted molar refractivity (Wildman–Crippen MR) is 208 cm³/mol. The van der Waals surface area contributed by atoms with Gasteiger partial charge in [0.25, 0.3) is 0 Å². The van der Waals surface area contributed by atoms with Crippen LogP contribution in [0.2, 0.25) is 0 Å². The fraction of sp³-hybridized carbons (Fsp3) is 0.244. The summed E-state index contributed by atoms with van der Waals surface area (Å²) in [6, 6.07) is 35.1. The first-order chi connectivity index (χ1) is 22.6. The van der Waals surface area contributed by atoms with Crippen molar-refractivity contribution in [3.63, 3.8) is 0 Å². The lowest BCUT2D eigenvalue weighted by atomic mass is 9.32. The zero-order chi connectivity index (χ0) is 32.9. The Balaban J connectivity index is 1.66. The van der Waals surface area contributed by atoms with Crippen molar-refractivity contribution < 1.29 is 0 Å². The van der Waals surface area contributed by atoms with Gasteiger partial charge in [0.2, 0.25) is 6.71 Å². The zero-order valence-electron chi connectivity index (χ0n) is 29.3. The molecule has 2 heteroatoms. The summed E-state index contributed by atoms with van der Waals surface area (Å²) in [6.07, 6.45) is 0. The molecular weight excluding hydrogens is 565 g/mol. The van der Waals surface area contributed by atoms with Crippen molar-refractivity contribution in [1.29, 1.82) is 0 Å². The fourth-order valence-electron chi connectivity index (χ4n) is 9.22. The molecule has 0 spiro atoms. The van der Waals surface area contributed by atoms with E-state index in [4.69, 9.17) is 0 Å². The van der Waals surface area contributed by atoms with Gasteiger partial charge < -0.3 is 4.90 Å². The topological polar surface area (TPSA) is 3.24 Å². The monoisotopic (exact) mass is 609 g/mol. The van der Waals surface area contributed by atoms with E-state index >= 15 is 0 Å². The Morgan fingerprint density at radius 3 is 1.85 bits per heavy atom. The van der Waals surface area contributed by atoms with Gasteiger partial charge in [-0.05, 0) is 113 Å². The summed E-state index contributed by atoms with van der Waals surface area (Å²) in [7, 11) is 0. The van der Waals surface area contributed by atoms with Gasteiger partial charge in [0.05, 0.1) is 5.69 Å². The minimum Gasteiger partial charge on any atom is -0.310 e. The molecule has 47 heavy (non-hydrogen) atoms. The Morgan fingerprint density at radius 1 is 0.532 bits per heavy atom. The number of hydrogen-bond donors (Lipinski definition) is 0. The highest BCUT2D eigenvalue weighted by Crippen LogP contribution is 2.49. The highest BCUT2D eigenvalue weighted by molar-refractivity contribution is 6.99. The van der Waals surface area contributed by atoms with Crippen LogP contribution in [0.3, 0.4) is 0 Å². The first-order valence-electron chi connectivity index (χ1n) is 17.4. The van der Waals surface area contributed by atoms with E-state index in [1.165, 1.54) is 105 Å². The molecule has 0 radical (unpaired) electrons. The zero-order valence-corrected chi connectivity index (χ0v) is 29.3. The van der Waals surface area contributed by atoms with Gasteiger partial charge >= 0.3 is 0 Å². The average Bonchev–Trinajstić information content (AvgIpc) is 3.02. The Morgan fingerprint density at radius 2 is 1.17 bits per heavy atom. The maximum atomic E-state index is 2.64. The third-order valence-corrected chi connectivity index (χ3v) is 10.9. The second-order valence-corrected chi connectivity index (χ2v) is 14.8. The van der Waals surface area contributed by atoms with Crippen molar-refractivity contribution in [3.8, 4) is 0 Å². The predicted octanol–water partition coefficient (Wildman–Crippen LogP) is 10.7. The Hall–Kier alpha value is -4.56. The van der Waals surface area contributed by atoms with Crippen LogP contribution in [0.1, 0.15) is 78.5 Å². The van der Waals surface area contributed by atoms with Crippen LogP contribution in [-0.2, 0) is 0 Å². The van der Waals surface area contributed by atoms with Crippen LogP contribution >= 0.6 is 0 Å². The molecule has 1 heterocycles. The van der Waals surface area contributed by atoms with E-state index in [9.17, 15) is 0 Å². The van der Waals surface area contributed by atoms with Crippen molar-refractivity contribution in [2.45, 2.75) is 74.1 Å². The van der Waals surface area contributed by atoms with E-state index in [1.54, 1.807) is 0 Å². The summed E-state index contributed by atoms with van der Waals surface area (Å²) in [6.45, 7) is 21.0. The van der Waals surface area contributed by atoms with Crippen LogP contribution < -0.4 is 21.3 Å². The summed E-state index contributed by atoms with van der Waals surface area (Å²) in [5.41, 5.74) is 17.8. The number of fused-ring (bicyclic) bond motifs is 3. The lowest BCUT2D eigenvalue weighted by molar-refractivity contribution is 0.877. The molecule has 1 nitrogen and oxygen atoms in total. The first-order valence-corrected chi connectivity index (χ1v) is 17.4. The lowest BCUT2D eigenvalue weighted by Crippen LogP contribution is -2.60. The van der Waals surface area contributed by atoms with Gasteiger partial charge in [0.15, 0.2) is 0 Å². The summed E-state index contributed by atoms with van der Waals surface area (Å²) in [4.78, 5) is 2.64. The third-order valence-electron chi connectivity index (χ3n) is 10.9. The summed E-state index contributed by atoms with van der Waals surface area (Å²) in [5.74, 6) is 0.782. The second-order valence-electron chi connectivity index (χ2n) is 14.8. The van der Waals surface area contributed by atoms with Crippen LogP contribution in [0, 0.1) is 34.6 Å². The van der Waals surface area contributed by atoms with Gasteiger partial charge in [-0.25, -0.2) is 0 Å². The Labute approximate surface area is 280 Å². The van der Waals surface area contributed by atoms with Crippen LogP contribution in [0.5, 0.6) is 0 Å².